The SMILES string of the molecule is O=C(NCC(=O)N1CCC[C@H]1C(=O)NC1CC1)NC1CCCC1. The van der Waals surface area contributed by atoms with E-state index in [0.717, 1.165) is 44.9 Å². The predicted octanol–water partition coefficient (Wildman–Crippen LogP) is 0.498. The molecule has 0 aromatic rings. The van der Waals surface area contributed by atoms with Gasteiger partial charge in [-0.15, -0.1) is 0 Å². The molecule has 3 N–H and O–H groups in total. The van der Waals surface area contributed by atoms with Crippen LogP contribution >= 0.6 is 0 Å². The molecular formula is C16H26N4O3. The molecule has 7 heteroatoms. The Morgan fingerprint density at radius 2 is 1.57 bits per heavy atom. The Morgan fingerprint density at radius 1 is 0.870 bits per heavy atom. The zero-order valence-corrected chi connectivity index (χ0v) is 13.5. The topological polar surface area (TPSA) is 90.5 Å². The maximum Gasteiger partial charge on any atom is 0.315 e. The fourth-order valence-corrected chi connectivity index (χ4v) is 3.43. The fraction of sp³-hybridized carbons (Fsp3) is 0.812. The highest BCUT2D eigenvalue weighted by Gasteiger charge is 2.36. The van der Waals surface area contributed by atoms with Gasteiger partial charge in [0.1, 0.15) is 6.04 Å². The predicted molar refractivity (Wildman–Crippen MR) is 84.7 cm³/mol. The smallest absolute Gasteiger partial charge is 0.315 e. The summed E-state index contributed by atoms with van der Waals surface area (Å²) < 4.78 is 0. The summed E-state index contributed by atoms with van der Waals surface area (Å²) in [7, 11) is 0. The Morgan fingerprint density at radius 3 is 2.26 bits per heavy atom. The van der Waals surface area contributed by atoms with Crippen molar-refractivity contribution >= 4 is 17.8 Å². The van der Waals surface area contributed by atoms with Crippen molar-refractivity contribution in [2.75, 3.05) is 13.1 Å². The second-order valence-electron chi connectivity index (χ2n) is 6.84. The lowest BCUT2D eigenvalue weighted by molar-refractivity contribution is -0.137. The number of urea groups is 1. The minimum absolute atomic E-state index is 0.0474. The van der Waals surface area contributed by atoms with Crippen molar-refractivity contribution < 1.29 is 14.4 Å². The lowest BCUT2D eigenvalue weighted by Gasteiger charge is -2.24. The van der Waals surface area contributed by atoms with Crippen molar-refractivity contribution in [3.05, 3.63) is 0 Å². The Balaban J connectivity index is 1.42. The number of carbonyl (C=O) groups is 3. The van der Waals surface area contributed by atoms with Crippen LogP contribution in [0.15, 0.2) is 0 Å². The highest BCUT2D eigenvalue weighted by Crippen LogP contribution is 2.22. The highest BCUT2D eigenvalue weighted by molar-refractivity contribution is 5.90. The van der Waals surface area contributed by atoms with Crippen LogP contribution in [0.2, 0.25) is 0 Å². The molecule has 7 nitrogen and oxygen atoms in total. The van der Waals surface area contributed by atoms with Gasteiger partial charge in [-0.25, -0.2) is 4.79 Å². The third-order valence-electron chi connectivity index (χ3n) is 4.89. The molecule has 23 heavy (non-hydrogen) atoms. The maximum atomic E-state index is 12.3. The number of hydrogen-bond acceptors (Lipinski definition) is 3. The van der Waals surface area contributed by atoms with Crippen molar-refractivity contribution in [3.63, 3.8) is 0 Å². The number of amides is 4. The number of hydrogen-bond donors (Lipinski definition) is 3. The van der Waals surface area contributed by atoms with Gasteiger partial charge in [0.25, 0.3) is 0 Å². The van der Waals surface area contributed by atoms with E-state index in [0.29, 0.717) is 19.0 Å². The third kappa shape index (κ3) is 4.36. The molecule has 0 aromatic carbocycles. The van der Waals surface area contributed by atoms with Crippen molar-refractivity contribution in [1.82, 2.24) is 20.9 Å². The molecule has 2 saturated carbocycles. The Labute approximate surface area is 136 Å². The molecule has 0 spiro atoms. The van der Waals surface area contributed by atoms with E-state index < -0.39 is 0 Å². The molecule has 0 radical (unpaired) electrons. The Kier molecular flexibility index (Phi) is 5.03. The summed E-state index contributed by atoms with van der Waals surface area (Å²) >= 11 is 0. The fourth-order valence-electron chi connectivity index (χ4n) is 3.43. The van der Waals surface area contributed by atoms with Crippen LogP contribution in [-0.4, -0.2) is 54.0 Å². The summed E-state index contributed by atoms with van der Waals surface area (Å²) in [6.45, 7) is 0.541. The van der Waals surface area contributed by atoms with E-state index in [4.69, 9.17) is 0 Å². The lowest BCUT2D eigenvalue weighted by atomic mass is 10.2. The van der Waals surface area contributed by atoms with E-state index in [1.165, 1.54) is 0 Å². The standard InChI is InChI=1S/C16H26N4O3/c21-14(10-17-16(23)19-11-4-1-2-5-11)20-9-3-6-13(20)15(22)18-12-7-8-12/h11-13H,1-10H2,(H,18,22)(H2,17,19,23)/t13-/m0/s1. The van der Waals surface area contributed by atoms with E-state index in [1.807, 2.05) is 0 Å². The van der Waals surface area contributed by atoms with Crippen LogP contribution in [0, 0.1) is 0 Å². The van der Waals surface area contributed by atoms with Crippen LogP contribution in [0.1, 0.15) is 51.4 Å². The van der Waals surface area contributed by atoms with Gasteiger partial charge in [0.15, 0.2) is 0 Å². The van der Waals surface area contributed by atoms with E-state index in [9.17, 15) is 14.4 Å². The minimum atomic E-state index is -0.372. The van der Waals surface area contributed by atoms with E-state index in [-0.39, 0.29) is 36.5 Å². The summed E-state index contributed by atoms with van der Waals surface area (Å²) in [5, 5.41) is 8.48. The number of rotatable bonds is 5. The van der Waals surface area contributed by atoms with Crippen LogP contribution in [-0.2, 0) is 9.59 Å². The average molecular weight is 322 g/mol. The van der Waals surface area contributed by atoms with Gasteiger partial charge >= 0.3 is 6.03 Å². The van der Waals surface area contributed by atoms with E-state index >= 15 is 0 Å². The van der Waals surface area contributed by atoms with Crippen molar-refractivity contribution in [2.24, 2.45) is 0 Å². The van der Waals surface area contributed by atoms with Gasteiger partial charge in [-0.3, -0.25) is 9.59 Å². The lowest BCUT2D eigenvalue weighted by Crippen LogP contribution is -2.50. The summed E-state index contributed by atoms with van der Waals surface area (Å²) in [6, 6.07) is -0.129. The first-order valence-electron chi connectivity index (χ1n) is 8.77. The largest absolute Gasteiger partial charge is 0.352 e. The van der Waals surface area contributed by atoms with Gasteiger partial charge < -0.3 is 20.9 Å². The van der Waals surface area contributed by atoms with Crippen LogP contribution in [0.3, 0.4) is 0 Å². The molecule has 3 aliphatic rings. The van der Waals surface area contributed by atoms with Crippen LogP contribution in [0.25, 0.3) is 0 Å². The molecule has 2 aliphatic carbocycles. The van der Waals surface area contributed by atoms with Crippen LogP contribution < -0.4 is 16.0 Å². The average Bonchev–Trinajstić information content (AvgIpc) is 3.03. The molecule has 1 aliphatic heterocycles. The number of likely N-dealkylation sites (tertiary alicyclic amines) is 1. The Bertz CT molecular complexity index is 472. The summed E-state index contributed by atoms with van der Waals surface area (Å²) in [4.78, 5) is 37.9. The Hall–Kier alpha value is -1.79. The van der Waals surface area contributed by atoms with E-state index in [2.05, 4.69) is 16.0 Å². The molecule has 3 rings (SSSR count). The summed E-state index contributed by atoms with van der Waals surface area (Å²) in [5.74, 6) is -0.228. The molecule has 1 heterocycles. The first-order valence-corrected chi connectivity index (χ1v) is 8.77. The number of nitrogens with zero attached hydrogens (tertiary/aromatic N) is 1. The molecular weight excluding hydrogens is 296 g/mol. The van der Waals surface area contributed by atoms with Gasteiger partial charge in [0, 0.05) is 18.6 Å². The van der Waals surface area contributed by atoms with Crippen LogP contribution in [0.4, 0.5) is 4.79 Å². The third-order valence-corrected chi connectivity index (χ3v) is 4.89. The van der Waals surface area contributed by atoms with Gasteiger partial charge in [-0.1, -0.05) is 12.8 Å². The summed E-state index contributed by atoms with van der Waals surface area (Å²) in [6.07, 6.45) is 7.94. The van der Waals surface area contributed by atoms with Crippen molar-refractivity contribution in [3.8, 4) is 0 Å². The molecule has 1 saturated heterocycles. The zero-order valence-electron chi connectivity index (χ0n) is 13.5. The molecule has 1 atom stereocenters. The first kappa shape index (κ1) is 16.1. The van der Waals surface area contributed by atoms with Gasteiger partial charge in [-0.05, 0) is 38.5 Å². The maximum absolute atomic E-state index is 12.3. The quantitative estimate of drug-likeness (QED) is 0.688. The van der Waals surface area contributed by atoms with Gasteiger partial charge in [0.2, 0.25) is 11.8 Å². The molecule has 0 unspecified atom stereocenters. The monoisotopic (exact) mass is 322 g/mol. The zero-order chi connectivity index (χ0) is 16.2. The second kappa shape index (κ2) is 7.19. The van der Waals surface area contributed by atoms with Gasteiger partial charge in [-0.2, -0.15) is 0 Å². The molecule has 3 fully saturated rings. The second-order valence-corrected chi connectivity index (χ2v) is 6.84. The number of carbonyl (C=O) groups excluding carboxylic acids is 3. The first-order chi connectivity index (χ1) is 11.1. The molecule has 4 amide bonds. The normalized spacial score (nSPS) is 24.5. The molecule has 128 valence electrons. The van der Waals surface area contributed by atoms with Crippen molar-refractivity contribution in [1.29, 1.82) is 0 Å². The molecule has 0 bridgehead atoms. The highest BCUT2D eigenvalue weighted by atomic mass is 16.2. The molecule has 0 aromatic heterocycles. The number of nitrogens with one attached hydrogen (secondary N) is 3. The minimum Gasteiger partial charge on any atom is -0.352 e. The van der Waals surface area contributed by atoms with Gasteiger partial charge in [0.05, 0.1) is 6.54 Å². The van der Waals surface area contributed by atoms with Crippen molar-refractivity contribution in [2.45, 2.75) is 69.5 Å². The summed E-state index contributed by atoms with van der Waals surface area (Å²) in [5.41, 5.74) is 0. The van der Waals surface area contributed by atoms with E-state index in [1.54, 1.807) is 4.90 Å². The van der Waals surface area contributed by atoms with Crippen LogP contribution in [0.5, 0.6) is 0 Å².